The molecule has 0 aliphatic carbocycles. The van der Waals surface area contributed by atoms with E-state index in [0.717, 1.165) is 21.1 Å². The number of carboxylic acid groups (broad SMARTS) is 1. The third-order valence-electron chi connectivity index (χ3n) is 2.46. The summed E-state index contributed by atoms with van der Waals surface area (Å²) in [6.45, 7) is 1.67. The van der Waals surface area contributed by atoms with E-state index in [9.17, 15) is 14.9 Å². The maximum atomic E-state index is 10.8. The molecule has 0 amide bonds. The van der Waals surface area contributed by atoms with E-state index in [2.05, 4.69) is 15.9 Å². The number of rotatable bonds is 4. The number of hydrogen-bond donors (Lipinski definition) is 1. The average molecular weight is 374 g/mol. The molecule has 0 unspecified atom stereocenters. The van der Waals surface area contributed by atoms with Crippen LogP contribution in [0.5, 0.6) is 0 Å². The minimum Gasteiger partial charge on any atom is -0.477 e. The van der Waals surface area contributed by atoms with Crippen LogP contribution in [-0.2, 0) is 0 Å². The summed E-state index contributed by atoms with van der Waals surface area (Å²) < 4.78 is 0.614. The first-order valence-electron chi connectivity index (χ1n) is 5.32. The number of nitro benzene ring substituents is 1. The summed E-state index contributed by atoms with van der Waals surface area (Å²) >= 11 is 5.82. The molecule has 1 aromatic heterocycles. The Kier molecular flexibility index (Phi) is 4.46. The first kappa shape index (κ1) is 15.0. The van der Waals surface area contributed by atoms with Crippen LogP contribution >= 0.6 is 39.0 Å². The van der Waals surface area contributed by atoms with E-state index >= 15 is 0 Å². The number of carboxylic acids is 1. The molecule has 0 spiro atoms. The Morgan fingerprint density at radius 3 is 2.70 bits per heavy atom. The maximum absolute atomic E-state index is 10.8. The molecule has 104 valence electrons. The van der Waals surface area contributed by atoms with Crippen LogP contribution in [0.2, 0.25) is 0 Å². The molecule has 1 aromatic carbocycles. The van der Waals surface area contributed by atoms with E-state index in [1.54, 1.807) is 24.4 Å². The molecular formula is C12H8BrNO4S2. The summed E-state index contributed by atoms with van der Waals surface area (Å²) in [5.74, 6) is -0.958. The van der Waals surface area contributed by atoms with Gasteiger partial charge in [-0.2, -0.15) is 0 Å². The lowest BCUT2D eigenvalue weighted by Crippen LogP contribution is -1.92. The third-order valence-corrected chi connectivity index (χ3v) is 5.48. The second kappa shape index (κ2) is 5.94. The zero-order valence-electron chi connectivity index (χ0n) is 10.1. The molecule has 2 rings (SSSR count). The predicted octanol–water partition coefficient (Wildman–Crippen LogP) is 4.58. The van der Waals surface area contributed by atoms with Crippen molar-refractivity contribution in [3.05, 3.63) is 48.6 Å². The Labute approximate surface area is 130 Å². The monoisotopic (exact) mass is 373 g/mol. The molecule has 0 bridgehead atoms. The first-order valence-corrected chi connectivity index (χ1v) is 7.81. The number of nitro groups is 1. The lowest BCUT2D eigenvalue weighted by Gasteiger charge is -2.05. The summed E-state index contributed by atoms with van der Waals surface area (Å²) in [7, 11) is 0. The second-order valence-corrected chi connectivity index (χ2v) is 6.76. The number of aryl methyl sites for hydroxylation is 1. The molecule has 1 N–H and O–H groups in total. The highest BCUT2D eigenvalue weighted by Gasteiger charge is 2.15. The minimum absolute atomic E-state index is 0.0535. The van der Waals surface area contributed by atoms with Gasteiger partial charge in [0.2, 0.25) is 0 Å². The standard InChI is InChI=1S/C12H8BrNO4S2/c1-6-2-10(8(13)4-9(6)14(17)18)20-7-3-11(12(15)16)19-5-7/h2-5H,1H3,(H,15,16). The Hall–Kier alpha value is -1.38. The van der Waals surface area contributed by atoms with Gasteiger partial charge < -0.3 is 5.11 Å². The molecule has 0 aliphatic rings. The van der Waals surface area contributed by atoms with Crippen molar-refractivity contribution in [1.82, 2.24) is 0 Å². The fourth-order valence-corrected chi connectivity index (χ4v) is 3.95. The summed E-state index contributed by atoms with van der Waals surface area (Å²) in [4.78, 5) is 23.1. The maximum Gasteiger partial charge on any atom is 0.345 e. The lowest BCUT2D eigenvalue weighted by atomic mass is 10.2. The molecule has 1 heterocycles. The highest BCUT2D eigenvalue weighted by Crippen LogP contribution is 2.38. The van der Waals surface area contributed by atoms with Gasteiger partial charge in [-0.3, -0.25) is 10.1 Å². The van der Waals surface area contributed by atoms with Crippen LogP contribution in [0.3, 0.4) is 0 Å². The van der Waals surface area contributed by atoms with Crippen molar-refractivity contribution >= 4 is 50.7 Å². The highest BCUT2D eigenvalue weighted by molar-refractivity contribution is 9.10. The zero-order valence-corrected chi connectivity index (χ0v) is 13.3. The number of benzene rings is 1. The van der Waals surface area contributed by atoms with Crippen molar-refractivity contribution in [2.75, 3.05) is 0 Å². The highest BCUT2D eigenvalue weighted by atomic mass is 79.9. The van der Waals surface area contributed by atoms with Gasteiger partial charge in [0.15, 0.2) is 0 Å². The van der Waals surface area contributed by atoms with Gasteiger partial charge in [-0.05, 0) is 35.0 Å². The van der Waals surface area contributed by atoms with E-state index in [1.165, 1.54) is 17.8 Å². The van der Waals surface area contributed by atoms with Crippen LogP contribution in [0.4, 0.5) is 5.69 Å². The fourth-order valence-electron chi connectivity index (χ4n) is 1.53. The van der Waals surface area contributed by atoms with Crippen molar-refractivity contribution in [3.8, 4) is 0 Å². The minimum atomic E-state index is -0.958. The number of carbonyl (C=O) groups is 1. The number of hydrogen-bond acceptors (Lipinski definition) is 5. The van der Waals surface area contributed by atoms with Crippen molar-refractivity contribution in [3.63, 3.8) is 0 Å². The summed E-state index contributed by atoms with van der Waals surface area (Å²) in [5, 5.41) is 21.5. The third kappa shape index (κ3) is 3.20. The van der Waals surface area contributed by atoms with Crippen molar-refractivity contribution in [1.29, 1.82) is 0 Å². The normalized spacial score (nSPS) is 10.5. The smallest absolute Gasteiger partial charge is 0.345 e. The zero-order chi connectivity index (χ0) is 14.9. The Balaban J connectivity index is 2.31. The Morgan fingerprint density at radius 2 is 2.15 bits per heavy atom. The molecule has 0 radical (unpaired) electrons. The van der Waals surface area contributed by atoms with Gasteiger partial charge in [-0.1, -0.05) is 11.8 Å². The number of halogens is 1. The fraction of sp³-hybridized carbons (Fsp3) is 0.0833. The quantitative estimate of drug-likeness (QED) is 0.626. The number of nitrogens with zero attached hydrogens (tertiary/aromatic N) is 1. The Morgan fingerprint density at radius 1 is 1.45 bits per heavy atom. The van der Waals surface area contributed by atoms with E-state index < -0.39 is 10.9 Å². The Bertz CT molecular complexity index is 699. The molecule has 0 atom stereocenters. The topological polar surface area (TPSA) is 80.4 Å². The van der Waals surface area contributed by atoms with E-state index in [1.807, 2.05) is 0 Å². The summed E-state index contributed by atoms with van der Waals surface area (Å²) in [5.41, 5.74) is 0.618. The molecule has 5 nitrogen and oxygen atoms in total. The van der Waals surface area contributed by atoms with Crippen molar-refractivity contribution in [2.45, 2.75) is 16.7 Å². The van der Waals surface area contributed by atoms with E-state index in [-0.39, 0.29) is 10.6 Å². The van der Waals surface area contributed by atoms with Crippen LogP contribution < -0.4 is 0 Å². The predicted molar refractivity (Wildman–Crippen MR) is 80.9 cm³/mol. The molecule has 2 aromatic rings. The van der Waals surface area contributed by atoms with Crippen LogP contribution in [0.1, 0.15) is 15.2 Å². The van der Waals surface area contributed by atoms with Gasteiger partial charge in [0, 0.05) is 31.3 Å². The number of thiophene rings is 1. The average Bonchev–Trinajstić information content (AvgIpc) is 2.81. The summed E-state index contributed by atoms with van der Waals surface area (Å²) in [6, 6.07) is 4.76. The van der Waals surface area contributed by atoms with Crippen molar-refractivity contribution in [2.24, 2.45) is 0 Å². The first-order chi connectivity index (χ1) is 9.38. The number of aromatic carboxylic acids is 1. The van der Waals surface area contributed by atoms with Gasteiger partial charge in [0.05, 0.1) is 4.92 Å². The lowest BCUT2D eigenvalue weighted by molar-refractivity contribution is -0.385. The molecule has 0 aliphatic heterocycles. The van der Waals surface area contributed by atoms with Gasteiger partial charge >= 0.3 is 5.97 Å². The van der Waals surface area contributed by atoms with Crippen LogP contribution in [0.15, 0.2) is 37.8 Å². The van der Waals surface area contributed by atoms with Crippen LogP contribution in [0, 0.1) is 17.0 Å². The molecule has 0 saturated carbocycles. The van der Waals surface area contributed by atoms with Gasteiger partial charge in [-0.25, -0.2) is 4.79 Å². The molecule has 0 saturated heterocycles. The van der Waals surface area contributed by atoms with E-state index in [0.29, 0.717) is 10.0 Å². The molecular weight excluding hydrogens is 366 g/mol. The molecule has 8 heteroatoms. The van der Waals surface area contributed by atoms with Crippen LogP contribution in [-0.4, -0.2) is 16.0 Å². The molecule has 0 fully saturated rings. The van der Waals surface area contributed by atoms with Gasteiger partial charge in [-0.15, -0.1) is 11.3 Å². The van der Waals surface area contributed by atoms with Crippen LogP contribution in [0.25, 0.3) is 0 Å². The van der Waals surface area contributed by atoms with Gasteiger partial charge in [0.25, 0.3) is 5.69 Å². The van der Waals surface area contributed by atoms with E-state index in [4.69, 9.17) is 5.11 Å². The summed E-state index contributed by atoms with van der Waals surface area (Å²) in [6.07, 6.45) is 0. The molecule has 20 heavy (non-hydrogen) atoms. The second-order valence-electron chi connectivity index (χ2n) is 3.88. The van der Waals surface area contributed by atoms with Gasteiger partial charge in [0.1, 0.15) is 4.88 Å². The largest absolute Gasteiger partial charge is 0.477 e. The SMILES string of the molecule is Cc1cc(Sc2csc(C(=O)O)c2)c(Br)cc1[N+](=O)[O-]. The van der Waals surface area contributed by atoms with Crippen molar-refractivity contribution < 1.29 is 14.8 Å².